The SMILES string of the molecule is CCC1(C(=O)CCc2cnn(C)c2)CCNC1. The normalized spacial score (nSPS) is 24.1. The molecule has 0 amide bonds. The molecule has 4 heteroatoms. The van der Waals surface area contributed by atoms with Gasteiger partial charge in [0.1, 0.15) is 5.78 Å². The van der Waals surface area contributed by atoms with E-state index in [2.05, 4.69) is 17.3 Å². The summed E-state index contributed by atoms with van der Waals surface area (Å²) in [4.78, 5) is 12.3. The molecule has 1 aromatic rings. The van der Waals surface area contributed by atoms with E-state index < -0.39 is 0 Å². The first-order chi connectivity index (χ1) is 8.16. The van der Waals surface area contributed by atoms with Crippen molar-refractivity contribution in [3.05, 3.63) is 18.0 Å². The van der Waals surface area contributed by atoms with Gasteiger partial charge < -0.3 is 5.32 Å². The van der Waals surface area contributed by atoms with Gasteiger partial charge in [0, 0.05) is 31.6 Å². The number of carbonyl (C=O) groups excluding carboxylic acids is 1. The molecule has 0 spiro atoms. The number of aromatic nitrogens is 2. The van der Waals surface area contributed by atoms with Crippen LogP contribution in [0, 0.1) is 5.41 Å². The minimum Gasteiger partial charge on any atom is -0.316 e. The number of carbonyl (C=O) groups is 1. The molecule has 1 aromatic heterocycles. The lowest BCUT2D eigenvalue weighted by Gasteiger charge is -2.24. The fourth-order valence-electron chi connectivity index (χ4n) is 2.60. The van der Waals surface area contributed by atoms with Crippen molar-refractivity contribution in [1.29, 1.82) is 0 Å². The van der Waals surface area contributed by atoms with Crippen LogP contribution in [-0.4, -0.2) is 28.7 Å². The minimum atomic E-state index is -0.0950. The fraction of sp³-hybridized carbons (Fsp3) is 0.692. The molecule has 1 unspecified atom stereocenters. The molecule has 0 aromatic carbocycles. The first-order valence-electron chi connectivity index (χ1n) is 6.38. The topological polar surface area (TPSA) is 46.9 Å². The third kappa shape index (κ3) is 2.57. The summed E-state index contributed by atoms with van der Waals surface area (Å²) < 4.78 is 1.78. The van der Waals surface area contributed by atoms with E-state index in [9.17, 15) is 4.79 Å². The zero-order valence-corrected chi connectivity index (χ0v) is 10.7. The highest BCUT2D eigenvalue weighted by Gasteiger charge is 2.38. The number of nitrogens with one attached hydrogen (secondary N) is 1. The van der Waals surface area contributed by atoms with Gasteiger partial charge in [0.2, 0.25) is 0 Å². The predicted molar refractivity (Wildman–Crippen MR) is 66.7 cm³/mol. The van der Waals surface area contributed by atoms with Gasteiger partial charge in [-0.2, -0.15) is 5.10 Å². The molecule has 1 aliphatic rings. The van der Waals surface area contributed by atoms with Gasteiger partial charge in [0.05, 0.1) is 6.20 Å². The van der Waals surface area contributed by atoms with Crippen molar-refractivity contribution in [2.24, 2.45) is 12.5 Å². The average molecular weight is 235 g/mol. The number of nitrogens with zero attached hydrogens (tertiary/aromatic N) is 2. The van der Waals surface area contributed by atoms with Crippen LogP contribution in [0.2, 0.25) is 0 Å². The second-order valence-electron chi connectivity index (χ2n) is 5.01. The van der Waals surface area contributed by atoms with Crippen molar-refractivity contribution in [3.8, 4) is 0 Å². The van der Waals surface area contributed by atoms with Gasteiger partial charge in [-0.1, -0.05) is 6.92 Å². The summed E-state index contributed by atoms with van der Waals surface area (Å²) in [6, 6.07) is 0. The van der Waals surface area contributed by atoms with Crippen molar-refractivity contribution < 1.29 is 4.79 Å². The maximum absolute atomic E-state index is 12.3. The minimum absolute atomic E-state index is 0.0950. The van der Waals surface area contributed by atoms with Crippen LogP contribution < -0.4 is 5.32 Å². The van der Waals surface area contributed by atoms with Crippen molar-refractivity contribution in [1.82, 2.24) is 15.1 Å². The highest BCUT2D eigenvalue weighted by molar-refractivity contribution is 5.85. The lowest BCUT2D eigenvalue weighted by Crippen LogP contribution is -2.33. The number of ketones is 1. The zero-order valence-electron chi connectivity index (χ0n) is 10.7. The Balaban J connectivity index is 1.92. The molecule has 1 atom stereocenters. The zero-order chi connectivity index (χ0) is 12.3. The second-order valence-corrected chi connectivity index (χ2v) is 5.01. The van der Waals surface area contributed by atoms with Gasteiger partial charge in [-0.15, -0.1) is 0 Å². The van der Waals surface area contributed by atoms with E-state index in [4.69, 9.17) is 0 Å². The monoisotopic (exact) mass is 235 g/mol. The lowest BCUT2D eigenvalue weighted by atomic mass is 9.78. The third-order valence-corrected chi connectivity index (χ3v) is 3.91. The van der Waals surface area contributed by atoms with Gasteiger partial charge in [0.15, 0.2) is 0 Å². The summed E-state index contributed by atoms with van der Waals surface area (Å²) in [5.74, 6) is 0.411. The molecule has 4 nitrogen and oxygen atoms in total. The molecule has 0 saturated carbocycles. The van der Waals surface area contributed by atoms with Crippen molar-refractivity contribution in [3.63, 3.8) is 0 Å². The summed E-state index contributed by atoms with van der Waals surface area (Å²) >= 11 is 0. The molecule has 1 fully saturated rings. The summed E-state index contributed by atoms with van der Waals surface area (Å²) in [6.07, 6.45) is 7.23. The largest absolute Gasteiger partial charge is 0.316 e. The molecule has 0 bridgehead atoms. The molecule has 94 valence electrons. The molecular formula is C13H21N3O. The highest BCUT2D eigenvalue weighted by Crippen LogP contribution is 2.32. The van der Waals surface area contributed by atoms with Crippen LogP contribution in [0.5, 0.6) is 0 Å². The number of Topliss-reactive ketones (excluding diaryl/α,β-unsaturated/α-hetero) is 1. The molecule has 0 aliphatic carbocycles. The molecule has 0 radical (unpaired) electrons. The summed E-state index contributed by atoms with van der Waals surface area (Å²) in [6.45, 7) is 3.96. The first-order valence-corrected chi connectivity index (χ1v) is 6.38. The van der Waals surface area contributed by atoms with E-state index in [-0.39, 0.29) is 5.41 Å². The van der Waals surface area contributed by atoms with E-state index >= 15 is 0 Å². The van der Waals surface area contributed by atoms with Crippen LogP contribution >= 0.6 is 0 Å². The Hall–Kier alpha value is -1.16. The Morgan fingerprint density at radius 1 is 1.65 bits per heavy atom. The van der Waals surface area contributed by atoms with Crippen LogP contribution in [0.3, 0.4) is 0 Å². The second kappa shape index (κ2) is 5.00. The maximum Gasteiger partial charge on any atom is 0.140 e. The molecule has 1 N–H and O–H groups in total. The smallest absolute Gasteiger partial charge is 0.140 e. The van der Waals surface area contributed by atoms with Crippen molar-refractivity contribution >= 4 is 5.78 Å². The van der Waals surface area contributed by atoms with Crippen LogP contribution in [0.25, 0.3) is 0 Å². The summed E-state index contributed by atoms with van der Waals surface area (Å²) in [5, 5.41) is 7.43. The van der Waals surface area contributed by atoms with Gasteiger partial charge in [-0.25, -0.2) is 0 Å². The van der Waals surface area contributed by atoms with Gasteiger partial charge >= 0.3 is 0 Å². The molecule has 2 heterocycles. The van der Waals surface area contributed by atoms with Crippen molar-refractivity contribution in [2.75, 3.05) is 13.1 Å². The Bertz CT molecular complexity index is 391. The molecule has 2 rings (SSSR count). The lowest BCUT2D eigenvalue weighted by molar-refractivity contribution is -0.128. The van der Waals surface area contributed by atoms with E-state index in [1.807, 2.05) is 19.4 Å². The number of hydrogen-bond donors (Lipinski definition) is 1. The van der Waals surface area contributed by atoms with Crippen molar-refractivity contribution in [2.45, 2.75) is 32.6 Å². The van der Waals surface area contributed by atoms with E-state index in [1.54, 1.807) is 4.68 Å². The predicted octanol–water partition coefficient (Wildman–Crippen LogP) is 1.31. The van der Waals surface area contributed by atoms with Crippen LogP contribution in [0.1, 0.15) is 31.7 Å². The number of aryl methyl sites for hydroxylation is 2. The number of rotatable bonds is 5. The molecule has 1 aliphatic heterocycles. The summed E-state index contributed by atoms with van der Waals surface area (Å²) in [5.41, 5.74) is 1.06. The fourth-order valence-corrected chi connectivity index (χ4v) is 2.60. The van der Waals surface area contributed by atoms with E-state index in [0.29, 0.717) is 12.2 Å². The third-order valence-electron chi connectivity index (χ3n) is 3.91. The Kier molecular flexibility index (Phi) is 3.62. The molecular weight excluding hydrogens is 214 g/mol. The molecule has 1 saturated heterocycles. The highest BCUT2D eigenvalue weighted by atomic mass is 16.1. The maximum atomic E-state index is 12.3. The Labute approximate surface area is 102 Å². The Morgan fingerprint density at radius 3 is 3.00 bits per heavy atom. The van der Waals surface area contributed by atoms with Gasteiger partial charge in [-0.05, 0) is 31.4 Å². The van der Waals surface area contributed by atoms with E-state index in [1.165, 1.54) is 0 Å². The Morgan fingerprint density at radius 2 is 2.47 bits per heavy atom. The average Bonchev–Trinajstić information content (AvgIpc) is 2.95. The van der Waals surface area contributed by atoms with Crippen LogP contribution in [-0.2, 0) is 18.3 Å². The summed E-state index contributed by atoms with van der Waals surface area (Å²) in [7, 11) is 1.90. The quantitative estimate of drug-likeness (QED) is 0.837. The standard InChI is InChI=1S/C13H21N3O/c1-3-13(6-7-14-10-13)12(17)5-4-11-8-15-16(2)9-11/h8-9,14H,3-7,10H2,1-2H3. The molecule has 17 heavy (non-hydrogen) atoms. The van der Waals surface area contributed by atoms with Crippen LogP contribution in [0.15, 0.2) is 12.4 Å². The van der Waals surface area contributed by atoms with Crippen LogP contribution in [0.4, 0.5) is 0 Å². The van der Waals surface area contributed by atoms with Gasteiger partial charge in [-0.3, -0.25) is 9.48 Å². The van der Waals surface area contributed by atoms with E-state index in [0.717, 1.165) is 37.9 Å². The first kappa shape index (κ1) is 12.3. The van der Waals surface area contributed by atoms with Gasteiger partial charge in [0.25, 0.3) is 0 Å². The number of hydrogen-bond acceptors (Lipinski definition) is 3.